The highest BCUT2D eigenvalue weighted by Crippen LogP contribution is 2.36. The van der Waals surface area contributed by atoms with E-state index in [1.165, 1.54) is 0 Å². The van der Waals surface area contributed by atoms with Crippen LogP contribution >= 0.6 is 11.8 Å². The summed E-state index contributed by atoms with van der Waals surface area (Å²) in [5.74, 6) is -0.468. The monoisotopic (exact) mass is 432 g/mol. The molecule has 0 unspecified atom stereocenters. The first kappa shape index (κ1) is 21.9. The van der Waals surface area contributed by atoms with Gasteiger partial charge in [-0.2, -0.15) is 0 Å². The van der Waals surface area contributed by atoms with E-state index in [9.17, 15) is 19.5 Å². The Morgan fingerprint density at radius 3 is 2.73 bits per heavy atom. The molecule has 0 radical (unpaired) electrons. The van der Waals surface area contributed by atoms with Crippen molar-refractivity contribution in [1.29, 1.82) is 0 Å². The van der Waals surface area contributed by atoms with Gasteiger partial charge in [-0.3, -0.25) is 19.3 Å². The number of rotatable bonds is 7. The highest BCUT2D eigenvalue weighted by Gasteiger charge is 2.37. The highest BCUT2D eigenvalue weighted by atomic mass is 32.2. The number of amides is 3. The number of imide groups is 1. The van der Waals surface area contributed by atoms with Gasteiger partial charge in [0.1, 0.15) is 6.54 Å². The predicted molar refractivity (Wildman–Crippen MR) is 113 cm³/mol. The first-order chi connectivity index (χ1) is 14.4. The zero-order valence-corrected chi connectivity index (χ0v) is 17.6. The van der Waals surface area contributed by atoms with E-state index in [1.807, 2.05) is 0 Å². The van der Waals surface area contributed by atoms with E-state index in [0.29, 0.717) is 56.2 Å². The quantitative estimate of drug-likeness (QED) is 0.522. The lowest BCUT2D eigenvalue weighted by Gasteiger charge is -2.28. The maximum atomic E-state index is 12.8. The first-order valence-corrected chi connectivity index (χ1v) is 10.5. The Hall–Kier alpha value is -2.78. The number of carbonyl (C=O) groups excluding carboxylic acids is 3. The van der Waals surface area contributed by atoms with E-state index in [0.717, 1.165) is 16.7 Å². The van der Waals surface area contributed by atoms with Gasteiger partial charge in [-0.15, -0.1) is 6.58 Å². The Morgan fingerprint density at radius 2 is 2.07 bits per heavy atom. The lowest BCUT2D eigenvalue weighted by Crippen LogP contribution is -2.46. The molecule has 3 amide bonds. The molecule has 2 fully saturated rings. The third-order valence-corrected chi connectivity index (χ3v) is 5.58. The summed E-state index contributed by atoms with van der Waals surface area (Å²) in [4.78, 5) is 40.3. The normalized spacial score (nSPS) is 18.2. The maximum Gasteiger partial charge on any atom is 0.294 e. The summed E-state index contributed by atoms with van der Waals surface area (Å²) in [5.41, 5.74) is 1.21. The number of phenols is 1. The number of hydrogen-bond donors (Lipinski definition) is 1. The van der Waals surface area contributed by atoms with Crippen LogP contribution in [0.3, 0.4) is 0 Å². The molecule has 0 atom stereocenters. The summed E-state index contributed by atoms with van der Waals surface area (Å²) in [7, 11) is 0. The summed E-state index contributed by atoms with van der Waals surface area (Å²) >= 11 is 0.788. The molecule has 3 rings (SSSR count). The predicted octanol–water partition coefficient (Wildman–Crippen LogP) is 2.41. The van der Waals surface area contributed by atoms with Crippen LogP contribution in [0.2, 0.25) is 0 Å². The number of ether oxygens (including phenoxy) is 2. The van der Waals surface area contributed by atoms with Crippen molar-refractivity contribution in [2.24, 2.45) is 0 Å². The van der Waals surface area contributed by atoms with Crippen molar-refractivity contribution in [3.63, 3.8) is 0 Å². The van der Waals surface area contributed by atoms with E-state index < -0.39 is 11.1 Å². The van der Waals surface area contributed by atoms with Crippen molar-refractivity contribution in [3.8, 4) is 11.5 Å². The van der Waals surface area contributed by atoms with E-state index in [1.54, 1.807) is 36.1 Å². The van der Waals surface area contributed by atoms with Gasteiger partial charge in [0, 0.05) is 18.7 Å². The van der Waals surface area contributed by atoms with Crippen LogP contribution in [-0.2, 0) is 20.7 Å². The fourth-order valence-corrected chi connectivity index (χ4v) is 4.02. The van der Waals surface area contributed by atoms with Gasteiger partial charge in [0.15, 0.2) is 11.5 Å². The average molecular weight is 432 g/mol. The van der Waals surface area contributed by atoms with E-state index in [2.05, 4.69) is 6.58 Å². The molecule has 2 saturated heterocycles. The maximum absolute atomic E-state index is 12.8. The first-order valence-electron chi connectivity index (χ1n) is 9.65. The zero-order valence-electron chi connectivity index (χ0n) is 16.8. The minimum absolute atomic E-state index is 0.0260. The van der Waals surface area contributed by atoms with Crippen molar-refractivity contribution >= 4 is 34.9 Å². The summed E-state index contributed by atoms with van der Waals surface area (Å²) in [6.07, 6.45) is 3.64. The van der Waals surface area contributed by atoms with Crippen molar-refractivity contribution < 1.29 is 29.0 Å². The van der Waals surface area contributed by atoms with Gasteiger partial charge in [-0.05, 0) is 48.9 Å². The number of nitrogens with zero attached hydrogens (tertiary/aromatic N) is 2. The van der Waals surface area contributed by atoms with Crippen LogP contribution in [-0.4, -0.2) is 71.4 Å². The number of thioether (sulfide) groups is 1. The molecule has 0 spiro atoms. The third-order valence-electron chi connectivity index (χ3n) is 4.67. The number of phenolic OH excluding ortho intramolecular Hbond substituents is 1. The van der Waals surface area contributed by atoms with Crippen molar-refractivity contribution in [1.82, 2.24) is 9.80 Å². The molecule has 0 saturated carbocycles. The van der Waals surface area contributed by atoms with Gasteiger partial charge < -0.3 is 19.5 Å². The fourth-order valence-electron chi connectivity index (χ4n) is 3.18. The fraction of sp³-hybridized carbons (Fsp3) is 0.381. The molecule has 2 heterocycles. The summed E-state index contributed by atoms with van der Waals surface area (Å²) in [6.45, 7) is 7.36. The second-order valence-electron chi connectivity index (χ2n) is 6.71. The van der Waals surface area contributed by atoms with Gasteiger partial charge >= 0.3 is 0 Å². The van der Waals surface area contributed by atoms with Crippen LogP contribution in [0.5, 0.6) is 11.5 Å². The molecule has 2 aliphatic heterocycles. The molecule has 30 heavy (non-hydrogen) atoms. The number of benzene rings is 1. The van der Waals surface area contributed by atoms with Crippen molar-refractivity contribution in [2.75, 3.05) is 39.5 Å². The number of aromatic hydroxyl groups is 1. The van der Waals surface area contributed by atoms with Crippen LogP contribution in [0.4, 0.5) is 4.79 Å². The van der Waals surface area contributed by atoms with Crippen molar-refractivity contribution in [3.05, 3.63) is 40.8 Å². The number of morpholine rings is 1. The second kappa shape index (κ2) is 9.82. The largest absolute Gasteiger partial charge is 0.504 e. The molecule has 9 heteroatoms. The zero-order chi connectivity index (χ0) is 21.7. The second-order valence-corrected chi connectivity index (χ2v) is 7.71. The molecule has 0 bridgehead atoms. The van der Waals surface area contributed by atoms with Gasteiger partial charge in [0.2, 0.25) is 5.91 Å². The molecular weight excluding hydrogens is 408 g/mol. The lowest BCUT2D eigenvalue weighted by molar-refractivity contribution is -0.139. The molecule has 1 N–H and O–H groups in total. The third kappa shape index (κ3) is 4.85. The highest BCUT2D eigenvalue weighted by molar-refractivity contribution is 8.18. The summed E-state index contributed by atoms with van der Waals surface area (Å²) < 4.78 is 10.7. The van der Waals surface area contributed by atoms with E-state index >= 15 is 0 Å². The topological polar surface area (TPSA) is 96.4 Å². The molecule has 0 aliphatic carbocycles. The number of carbonyl (C=O) groups is 3. The Kier molecular flexibility index (Phi) is 7.17. The Morgan fingerprint density at radius 1 is 1.33 bits per heavy atom. The molecular formula is C21H24N2O6S. The molecule has 2 aliphatic rings. The van der Waals surface area contributed by atoms with Crippen LogP contribution in [0.1, 0.15) is 18.1 Å². The Labute approximate surface area is 179 Å². The number of allylic oxidation sites excluding steroid dienone is 1. The van der Waals surface area contributed by atoms with Gasteiger partial charge in [-0.25, -0.2) is 0 Å². The molecule has 1 aromatic carbocycles. The minimum atomic E-state index is -0.511. The number of hydrogen-bond acceptors (Lipinski definition) is 7. The molecule has 160 valence electrons. The average Bonchev–Trinajstić information content (AvgIpc) is 2.99. The van der Waals surface area contributed by atoms with E-state index in [-0.39, 0.29) is 23.1 Å². The van der Waals surface area contributed by atoms with Crippen LogP contribution < -0.4 is 4.74 Å². The molecule has 1 aromatic rings. The summed E-state index contributed by atoms with van der Waals surface area (Å²) in [5, 5.41) is 9.83. The van der Waals surface area contributed by atoms with Crippen LogP contribution in [0.25, 0.3) is 6.08 Å². The van der Waals surface area contributed by atoms with Gasteiger partial charge in [-0.1, -0.05) is 6.08 Å². The van der Waals surface area contributed by atoms with Gasteiger partial charge in [0.25, 0.3) is 11.1 Å². The van der Waals surface area contributed by atoms with Crippen LogP contribution in [0.15, 0.2) is 29.7 Å². The Balaban J connectivity index is 1.80. The molecule has 0 aromatic heterocycles. The minimum Gasteiger partial charge on any atom is -0.504 e. The summed E-state index contributed by atoms with van der Waals surface area (Å²) in [6, 6.07) is 3.32. The van der Waals surface area contributed by atoms with Gasteiger partial charge in [0.05, 0.1) is 24.7 Å². The smallest absolute Gasteiger partial charge is 0.294 e. The van der Waals surface area contributed by atoms with E-state index in [4.69, 9.17) is 9.47 Å². The SMILES string of the molecule is C=CCc1cc(/C=C2\SC(=O)N(CC(=O)N3CCOCC3)C2=O)cc(OCC)c1O. The standard InChI is InChI=1S/C21H24N2O6S/c1-3-5-15-10-14(11-16(19(15)25)29-4-2)12-17-20(26)23(21(27)30-17)13-18(24)22-6-8-28-9-7-22/h3,10-12,25H,1,4-9,13H2,2H3/b17-12-. The van der Waals surface area contributed by atoms with Crippen molar-refractivity contribution in [2.45, 2.75) is 13.3 Å². The Bertz CT molecular complexity index is 892. The van der Waals surface area contributed by atoms with Crippen LogP contribution in [0, 0.1) is 0 Å². The molecule has 8 nitrogen and oxygen atoms in total. The lowest BCUT2D eigenvalue weighted by atomic mass is 10.1.